The van der Waals surface area contributed by atoms with E-state index in [4.69, 9.17) is 4.84 Å². The Bertz CT molecular complexity index is 367. The van der Waals surface area contributed by atoms with E-state index in [1.165, 1.54) is 5.57 Å². The van der Waals surface area contributed by atoms with Crippen molar-refractivity contribution in [2.75, 3.05) is 6.61 Å². The summed E-state index contributed by atoms with van der Waals surface area (Å²) in [5.74, 6) is 0. The van der Waals surface area contributed by atoms with Crippen LogP contribution in [0.15, 0.2) is 29.0 Å². The second-order valence-corrected chi connectivity index (χ2v) is 6.19. The van der Waals surface area contributed by atoms with Gasteiger partial charge in [-0.2, -0.15) is 0 Å². The van der Waals surface area contributed by atoms with Crippen molar-refractivity contribution in [1.82, 2.24) is 0 Å². The third-order valence-corrected chi connectivity index (χ3v) is 4.08. The molecule has 0 atom stereocenters. The molecule has 2 heteroatoms. The number of nitrogens with zero attached hydrogens (tertiary/aromatic N) is 1. The first kappa shape index (κ1) is 14.0. The van der Waals surface area contributed by atoms with Crippen LogP contribution in [0.4, 0.5) is 0 Å². The fourth-order valence-electron chi connectivity index (χ4n) is 1.75. The normalized spacial score (nSPS) is 17.1. The predicted molar refractivity (Wildman–Crippen MR) is 74.1 cm³/mol. The molecule has 0 amide bonds. The molecule has 0 aliphatic carbocycles. The summed E-state index contributed by atoms with van der Waals surface area (Å²) in [7, 11) is 0. The Labute approximate surface area is 105 Å². The van der Waals surface area contributed by atoms with E-state index in [-0.39, 0.29) is 10.8 Å². The van der Waals surface area contributed by atoms with Crippen LogP contribution in [0.1, 0.15) is 48.0 Å². The maximum atomic E-state index is 5.19. The number of hydrogen-bond acceptors (Lipinski definition) is 2. The zero-order valence-corrected chi connectivity index (χ0v) is 12.1. The van der Waals surface area contributed by atoms with Gasteiger partial charge in [-0.25, -0.2) is 0 Å². The van der Waals surface area contributed by atoms with Gasteiger partial charge in [-0.05, 0) is 34.5 Å². The molecule has 1 aliphatic rings. The standard InChI is InChI=1S/C15H25NO/c1-8-11(2)13-12(9-10-17-16-13)15(6,7)14(3,4)5/h9H,2,8,10H2,1,3-7H3. The number of rotatable bonds is 3. The fourth-order valence-corrected chi connectivity index (χ4v) is 1.75. The number of oxime groups is 1. The highest BCUT2D eigenvalue weighted by Gasteiger charge is 2.39. The third-order valence-electron chi connectivity index (χ3n) is 4.08. The van der Waals surface area contributed by atoms with Crippen LogP contribution < -0.4 is 0 Å². The molecule has 1 heterocycles. The Morgan fingerprint density at radius 2 is 1.94 bits per heavy atom. The van der Waals surface area contributed by atoms with E-state index in [1.807, 2.05) is 0 Å². The summed E-state index contributed by atoms with van der Waals surface area (Å²) in [6.45, 7) is 18.1. The van der Waals surface area contributed by atoms with Crippen LogP contribution in [0.3, 0.4) is 0 Å². The lowest BCUT2D eigenvalue weighted by molar-refractivity contribution is 0.151. The molecule has 1 rings (SSSR count). The molecule has 0 radical (unpaired) electrons. The van der Waals surface area contributed by atoms with Crippen LogP contribution in [0.5, 0.6) is 0 Å². The highest BCUT2D eigenvalue weighted by Crippen LogP contribution is 2.45. The zero-order chi connectivity index (χ0) is 13.3. The quantitative estimate of drug-likeness (QED) is 0.713. The summed E-state index contributed by atoms with van der Waals surface area (Å²) in [6, 6.07) is 0. The summed E-state index contributed by atoms with van der Waals surface area (Å²) in [5.41, 5.74) is 3.48. The van der Waals surface area contributed by atoms with Crippen molar-refractivity contribution in [3.63, 3.8) is 0 Å². The molecular weight excluding hydrogens is 210 g/mol. The molecular formula is C15H25NO. The molecule has 0 aromatic heterocycles. The second-order valence-electron chi connectivity index (χ2n) is 6.19. The van der Waals surface area contributed by atoms with Crippen molar-refractivity contribution in [2.45, 2.75) is 48.0 Å². The van der Waals surface area contributed by atoms with Crippen LogP contribution in [-0.4, -0.2) is 12.3 Å². The highest BCUT2D eigenvalue weighted by atomic mass is 16.6. The van der Waals surface area contributed by atoms with Crippen LogP contribution in [-0.2, 0) is 4.84 Å². The van der Waals surface area contributed by atoms with E-state index in [0.717, 1.165) is 17.7 Å². The third kappa shape index (κ3) is 2.62. The van der Waals surface area contributed by atoms with Crippen LogP contribution in [0, 0.1) is 10.8 Å². The molecule has 1 aliphatic heterocycles. The molecule has 0 saturated heterocycles. The van der Waals surface area contributed by atoms with Crippen molar-refractivity contribution in [3.8, 4) is 0 Å². The number of hydrogen-bond donors (Lipinski definition) is 0. The van der Waals surface area contributed by atoms with Gasteiger partial charge in [-0.1, -0.05) is 53.3 Å². The van der Waals surface area contributed by atoms with Gasteiger partial charge in [-0.3, -0.25) is 0 Å². The van der Waals surface area contributed by atoms with E-state index in [2.05, 4.69) is 59.4 Å². The van der Waals surface area contributed by atoms with E-state index in [0.29, 0.717) is 6.61 Å². The summed E-state index contributed by atoms with van der Waals surface area (Å²) < 4.78 is 0. The van der Waals surface area contributed by atoms with Gasteiger partial charge in [0.25, 0.3) is 0 Å². The summed E-state index contributed by atoms with van der Waals surface area (Å²) in [6.07, 6.45) is 3.05. The lowest BCUT2D eigenvalue weighted by Gasteiger charge is -2.42. The van der Waals surface area contributed by atoms with E-state index in [9.17, 15) is 0 Å². The largest absolute Gasteiger partial charge is 0.391 e. The fraction of sp³-hybridized carbons (Fsp3) is 0.667. The van der Waals surface area contributed by atoms with Crippen LogP contribution in [0.2, 0.25) is 0 Å². The predicted octanol–water partition coefficient (Wildman–Crippen LogP) is 4.34. The Morgan fingerprint density at radius 1 is 1.35 bits per heavy atom. The highest BCUT2D eigenvalue weighted by molar-refractivity contribution is 6.12. The van der Waals surface area contributed by atoms with Crippen molar-refractivity contribution in [2.24, 2.45) is 16.0 Å². The molecule has 0 N–H and O–H groups in total. The molecule has 0 spiro atoms. The lowest BCUT2D eigenvalue weighted by Crippen LogP contribution is -2.36. The Balaban J connectivity index is 3.16. The smallest absolute Gasteiger partial charge is 0.136 e. The Hall–Kier alpha value is -1.05. The molecule has 17 heavy (non-hydrogen) atoms. The van der Waals surface area contributed by atoms with E-state index < -0.39 is 0 Å². The molecule has 0 bridgehead atoms. The van der Waals surface area contributed by atoms with Crippen molar-refractivity contribution < 1.29 is 4.84 Å². The molecule has 2 nitrogen and oxygen atoms in total. The lowest BCUT2D eigenvalue weighted by atomic mass is 9.63. The second kappa shape index (κ2) is 4.67. The maximum absolute atomic E-state index is 5.19. The molecule has 0 unspecified atom stereocenters. The van der Waals surface area contributed by atoms with Crippen molar-refractivity contribution in [1.29, 1.82) is 0 Å². The molecule has 0 aromatic carbocycles. The summed E-state index contributed by atoms with van der Waals surface area (Å²) in [5, 5.41) is 4.21. The maximum Gasteiger partial charge on any atom is 0.136 e. The first-order chi connectivity index (χ1) is 7.71. The molecule has 0 fully saturated rings. The summed E-state index contributed by atoms with van der Waals surface area (Å²) in [4.78, 5) is 5.19. The van der Waals surface area contributed by atoms with Gasteiger partial charge in [0.05, 0.1) is 0 Å². The first-order valence-electron chi connectivity index (χ1n) is 6.31. The Kier molecular flexibility index (Phi) is 3.85. The van der Waals surface area contributed by atoms with Gasteiger partial charge in [-0.15, -0.1) is 0 Å². The first-order valence-corrected chi connectivity index (χ1v) is 6.31. The minimum absolute atomic E-state index is 0.0493. The van der Waals surface area contributed by atoms with Crippen LogP contribution >= 0.6 is 0 Å². The van der Waals surface area contributed by atoms with Gasteiger partial charge >= 0.3 is 0 Å². The van der Waals surface area contributed by atoms with E-state index >= 15 is 0 Å². The van der Waals surface area contributed by atoms with Crippen molar-refractivity contribution >= 4 is 5.71 Å². The molecule has 0 aromatic rings. The van der Waals surface area contributed by atoms with Gasteiger partial charge in [0.15, 0.2) is 0 Å². The molecule has 96 valence electrons. The number of allylic oxidation sites excluding steroid dienone is 2. The average molecular weight is 235 g/mol. The van der Waals surface area contributed by atoms with E-state index in [1.54, 1.807) is 0 Å². The van der Waals surface area contributed by atoms with Gasteiger partial charge in [0.2, 0.25) is 0 Å². The van der Waals surface area contributed by atoms with Gasteiger partial charge in [0.1, 0.15) is 12.3 Å². The molecule has 0 saturated carbocycles. The monoisotopic (exact) mass is 235 g/mol. The zero-order valence-electron chi connectivity index (χ0n) is 12.1. The SMILES string of the molecule is C=C(CC)C1=NOCC=C1C(C)(C)C(C)(C)C. The van der Waals surface area contributed by atoms with Gasteiger partial charge < -0.3 is 4.84 Å². The Morgan fingerprint density at radius 3 is 2.41 bits per heavy atom. The minimum Gasteiger partial charge on any atom is -0.391 e. The van der Waals surface area contributed by atoms with Crippen molar-refractivity contribution in [3.05, 3.63) is 23.8 Å². The van der Waals surface area contributed by atoms with Gasteiger partial charge in [0, 0.05) is 0 Å². The minimum atomic E-state index is 0.0493. The average Bonchev–Trinajstić information content (AvgIpc) is 2.26. The summed E-state index contributed by atoms with van der Waals surface area (Å²) >= 11 is 0. The topological polar surface area (TPSA) is 21.6 Å². The van der Waals surface area contributed by atoms with Crippen LogP contribution in [0.25, 0.3) is 0 Å².